The molecule has 2 aliphatic carbocycles. The van der Waals surface area contributed by atoms with Crippen LogP contribution < -0.4 is 11.1 Å². The average molecular weight is 370 g/mol. The molecular formula is C21H30N4O2. The van der Waals surface area contributed by atoms with Crippen LogP contribution in [-0.4, -0.2) is 60.9 Å². The quantitative estimate of drug-likeness (QED) is 0.838. The number of rotatable bonds is 4. The van der Waals surface area contributed by atoms with Gasteiger partial charge < -0.3 is 20.9 Å². The summed E-state index contributed by atoms with van der Waals surface area (Å²) in [5, 5.41) is 3.03. The lowest BCUT2D eigenvalue weighted by Gasteiger charge is -2.32. The lowest BCUT2D eigenvalue weighted by molar-refractivity contribution is -0.132. The van der Waals surface area contributed by atoms with Crippen molar-refractivity contribution in [2.45, 2.75) is 31.7 Å². The number of nitrogens with two attached hydrogens (primary N) is 1. The van der Waals surface area contributed by atoms with Gasteiger partial charge in [-0.1, -0.05) is 12.1 Å². The number of hydrogen-bond donors (Lipinski definition) is 2. The van der Waals surface area contributed by atoms with E-state index in [-0.39, 0.29) is 23.8 Å². The van der Waals surface area contributed by atoms with Crippen LogP contribution in [0.4, 0.5) is 5.69 Å². The van der Waals surface area contributed by atoms with Gasteiger partial charge in [0.1, 0.15) is 0 Å². The number of benzene rings is 1. The zero-order valence-electron chi connectivity index (χ0n) is 16.1. The monoisotopic (exact) mass is 370 g/mol. The molecule has 4 atom stereocenters. The Morgan fingerprint density at radius 2 is 1.74 bits per heavy atom. The van der Waals surface area contributed by atoms with Gasteiger partial charge in [0, 0.05) is 37.9 Å². The lowest BCUT2D eigenvalue weighted by Crippen LogP contribution is -2.47. The van der Waals surface area contributed by atoms with Gasteiger partial charge in [0.05, 0.1) is 12.3 Å². The summed E-state index contributed by atoms with van der Waals surface area (Å²) in [7, 11) is 2.08. The fraction of sp³-hybridized carbons (Fsp3) is 0.619. The Bertz CT molecular complexity index is 695. The van der Waals surface area contributed by atoms with Crippen LogP contribution in [-0.2, 0) is 16.0 Å². The third-order valence-corrected chi connectivity index (χ3v) is 6.72. The van der Waals surface area contributed by atoms with Crippen molar-refractivity contribution in [3.8, 4) is 0 Å². The summed E-state index contributed by atoms with van der Waals surface area (Å²) in [4.78, 5) is 29.3. The van der Waals surface area contributed by atoms with E-state index in [4.69, 9.17) is 5.73 Å². The van der Waals surface area contributed by atoms with Crippen LogP contribution in [0.2, 0.25) is 0 Å². The minimum atomic E-state index is -0.0535. The Balaban J connectivity index is 1.31. The predicted octanol–water partition coefficient (Wildman–Crippen LogP) is 1.31. The van der Waals surface area contributed by atoms with Gasteiger partial charge in [-0.25, -0.2) is 0 Å². The van der Waals surface area contributed by atoms with Crippen molar-refractivity contribution >= 4 is 17.5 Å². The number of piperazine rings is 1. The summed E-state index contributed by atoms with van der Waals surface area (Å²) >= 11 is 0. The van der Waals surface area contributed by atoms with Gasteiger partial charge in [-0.05, 0) is 55.8 Å². The number of carbonyl (C=O) groups is 2. The highest BCUT2D eigenvalue weighted by molar-refractivity contribution is 5.93. The Morgan fingerprint density at radius 3 is 2.37 bits per heavy atom. The third kappa shape index (κ3) is 3.87. The van der Waals surface area contributed by atoms with Gasteiger partial charge >= 0.3 is 0 Å². The fourth-order valence-corrected chi connectivity index (χ4v) is 5.00. The van der Waals surface area contributed by atoms with Crippen molar-refractivity contribution in [1.82, 2.24) is 9.80 Å². The number of carbonyl (C=O) groups excluding carboxylic acids is 2. The zero-order valence-corrected chi connectivity index (χ0v) is 16.1. The first-order chi connectivity index (χ1) is 13.0. The number of hydrogen-bond acceptors (Lipinski definition) is 4. The molecule has 3 N–H and O–H groups in total. The summed E-state index contributed by atoms with van der Waals surface area (Å²) in [6.45, 7) is 3.46. The highest BCUT2D eigenvalue weighted by atomic mass is 16.2. The molecule has 27 heavy (non-hydrogen) atoms. The predicted molar refractivity (Wildman–Crippen MR) is 105 cm³/mol. The van der Waals surface area contributed by atoms with E-state index in [9.17, 15) is 9.59 Å². The van der Waals surface area contributed by atoms with Gasteiger partial charge in [-0.2, -0.15) is 0 Å². The van der Waals surface area contributed by atoms with E-state index in [0.29, 0.717) is 18.3 Å². The van der Waals surface area contributed by atoms with E-state index in [1.807, 2.05) is 29.2 Å². The van der Waals surface area contributed by atoms with Crippen molar-refractivity contribution < 1.29 is 9.59 Å². The highest BCUT2D eigenvalue weighted by Crippen LogP contribution is 2.47. The van der Waals surface area contributed by atoms with Gasteiger partial charge in [0.2, 0.25) is 11.8 Å². The van der Waals surface area contributed by atoms with Crippen LogP contribution >= 0.6 is 0 Å². The topological polar surface area (TPSA) is 78.7 Å². The molecule has 3 aliphatic rings. The van der Waals surface area contributed by atoms with Crippen LogP contribution in [0.25, 0.3) is 0 Å². The van der Waals surface area contributed by atoms with Crippen LogP contribution in [0.1, 0.15) is 24.8 Å². The highest BCUT2D eigenvalue weighted by Gasteiger charge is 2.49. The maximum atomic E-state index is 12.7. The molecule has 1 aromatic rings. The summed E-state index contributed by atoms with van der Waals surface area (Å²) in [5.41, 5.74) is 8.03. The first-order valence-corrected chi connectivity index (χ1v) is 10.1. The molecule has 4 unspecified atom stereocenters. The summed E-state index contributed by atoms with van der Waals surface area (Å²) in [6, 6.07) is 7.66. The second kappa shape index (κ2) is 7.60. The molecule has 1 aromatic carbocycles. The van der Waals surface area contributed by atoms with E-state index in [0.717, 1.165) is 50.3 Å². The largest absolute Gasteiger partial charge is 0.340 e. The molecule has 0 aromatic heterocycles. The van der Waals surface area contributed by atoms with Crippen LogP contribution in [0.3, 0.4) is 0 Å². The van der Waals surface area contributed by atoms with Crippen molar-refractivity contribution in [2.24, 2.45) is 23.5 Å². The second-order valence-corrected chi connectivity index (χ2v) is 8.48. The normalized spacial score (nSPS) is 30.5. The first kappa shape index (κ1) is 18.4. The number of amides is 2. The van der Waals surface area contributed by atoms with Crippen molar-refractivity contribution in [3.05, 3.63) is 29.8 Å². The van der Waals surface area contributed by atoms with Gasteiger partial charge in [-0.15, -0.1) is 0 Å². The van der Waals surface area contributed by atoms with E-state index in [1.54, 1.807) is 0 Å². The molecule has 1 heterocycles. The van der Waals surface area contributed by atoms with E-state index in [2.05, 4.69) is 17.3 Å². The second-order valence-electron chi connectivity index (χ2n) is 8.48. The SMILES string of the molecule is CN1CCN(C(=O)Cc2ccc(NC(=O)C3C4CCC(C4)C3N)cc2)CC1. The van der Waals surface area contributed by atoms with Crippen LogP contribution in [0.5, 0.6) is 0 Å². The molecule has 1 aliphatic heterocycles. The zero-order chi connectivity index (χ0) is 19.0. The summed E-state index contributed by atoms with van der Waals surface area (Å²) in [6.07, 6.45) is 3.82. The molecule has 0 radical (unpaired) electrons. The number of likely N-dealkylation sites (N-methyl/N-ethyl adjacent to an activating group) is 1. The average Bonchev–Trinajstić information content (AvgIpc) is 3.25. The van der Waals surface area contributed by atoms with E-state index >= 15 is 0 Å². The molecule has 3 fully saturated rings. The Hall–Kier alpha value is -1.92. The number of anilines is 1. The standard InChI is InChI=1S/C21H30N4O2/c1-24-8-10-25(11-9-24)18(26)12-14-2-6-17(7-3-14)23-21(27)19-15-4-5-16(13-15)20(19)22/h2-3,6-7,15-16,19-20H,4-5,8-13,22H2,1H3,(H,23,27). The number of nitrogens with zero attached hydrogens (tertiary/aromatic N) is 2. The summed E-state index contributed by atoms with van der Waals surface area (Å²) < 4.78 is 0. The molecule has 1 saturated heterocycles. The fourth-order valence-electron chi connectivity index (χ4n) is 5.00. The Morgan fingerprint density at radius 1 is 1.07 bits per heavy atom. The molecule has 4 rings (SSSR count). The van der Waals surface area contributed by atoms with Crippen molar-refractivity contribution in [1.29, 1.82) is 0 Å². The minimum absolute atomic E-state index is 0.00392. The maximum absolute atomic E-state index is 12.7. The van der Waals surface area contributed by atoms with E-state index < -0.39 is 0 Å². The molecule has 2 saturated carbocycles. The molecule has 6 heteroatoms. The molecule has 0 spiro atoms. The van der Waals surface area contributed by atoms with Crippen LogP contribution in [0, 0.1) is 17.8 Å². The minimum Gasteiger partial charge on any atom is -0.340 e. The Kier molecular flexibility index (Phi) is 5.19. The van der Waals surface area contributed by atoms with Crippen LogP contribution in [0.15, 0.2) is 24.3 Å². The molecule has 2 amide bonds. The third-order valence-electron chi connectivity index (χ3n) is 6.72. The molecule has 2 bridgehead atoms. The molecule has 6 nitrogen and oxygen atoms in total. The Labute approximate surface area is 161 Å². The smallest absolute Gasteiger partial charge is 0.229 e. The molecular weight excluding hydrogens is 340 g/mol. The van der Waals surface area contributed by atoms with E-state index in [1.165, 1.54) is 6.42 Å². The summed E-state index contributed by atoms with van der Waals surface area (Å²) in [5.74, 6) is 1.14. The number of fused-ring (bicyclic) bond motifs is 2. The molecule has 146 valence electrons. The lowest BCUT2D eigenvalue weighted by atomic mass is 9.84. The van der Waals surface area contributed by atoms with Crippen molar-refractivity contribution in [2.75, 3.05) is 38.5 Å². The van der Waals surface area contributed by atoms with Crippen molar-refractivity contribution in [3.63, 3.8) is 0 Å². The van der Waals surface area contributed by atoms with Gasteiger partial charge in [0.25, 0.3) is 0 Å². The van der Waals surface area contributed by atoms with Gasteiger partial charge in [0.15, 0.2) is 0 Å². The first-order valence-electron chi connectivity index (χ1n) is 10.1. The number of nitrogens with one attached hydrogen (secondary N) is 1. The maximum Gasteiger partial charge on any atom is 0.229 e. The van der Waals surface area contributed by atoms with Gasteiger partial charge in [-0.3, -0.25) is 9.59 Å².